The standard InChI is InChI=1S/C46H31N5S/c1-2-12-29(13-3-1)46-27-37(46)41(49-42-36-16-6-9-21-40(36)52-43(42)46)28-24-30(50-38-19-7-4-14-32(38)34-17-10-22-47-44(34)50)26-31(25-28)51-39-20-8-5-15-33(39)35-18-11-23-48-45(35)51/h1-26,37,41,49H,27H2/t37-,41?,46?/m1/s1. The Kier molecular flexibility index (Phi) is 5.69. The van der Waals surface area contributed by atoms with Crippen LogP contribution in [-0.2, 0) is 5.41 Å². The van der Waals surface area contributed by atoms with Crippen LogP contribution < -0.4 is 5.32 Å². The van der Waals surface area contributed by atoms with E-state index >= 15 is 0 Å². The van der Waals surface area contributed by atoms with Gasteiger partial charge in [0, 0.05) is 54.3 Å². The Morgan fingerprint density at radius 2 is 1.13 bits per heavy atom. The molecule has 0 bridgehead atoms. The van der Waals surface area contributed by atoms with E-state index in [0.29, 0.717) is 5.92 Å². The largest absolute Gasteiger partial charge is 0.376 e. The molecule has 6 heterocycles. The van der Waals surface area contributed by atoms with Gasteiger partial charge in [0.25, 0.3) is 0 Å². The van der Waals surface area contributed by atoms with Crippen molar-refractivity contribution in [2.24, 2.45) is 5.92 Å². The third-order valence-corrected chi connectivity index (χ3v) is 13.0. The average molecular weight is 686 g/mol. The van der Waals surface area contributed by atoms with Crippen LogP contribution in [0.3, 0.4) is 0 Å². The molecule has 10 aromatic rings. The van der Waals surface area contributed by atoms with Gasteiger partial charge in [-0.1, -0.05) is 84.9 Å². The first-order chi connectivity index (χ1) is 25.8. The molecule has 3 atom stereocenters. The molecule has 1 fully saturated rings. The van der Waals surface area contributed by atoms with Gasteiger partial charge in [-0.3, -0.25) is 9.13 Å². The van der Waals surface area contributed by atoms with E-state index in [9.17, 15) is 0 Å². The molecule has 1 aliphatic heterocycles. The number of pyridine rings is 2. The fourth-order valence-electron chi connectivity index (χ4n) is 9.39. The Morgan fingerprint density at radius 1 is 0.577 bits per heavy atom. The molecule has 0 spiro atoms. The number of fused-ring (bicyclic) bond motifs is 11. The summed E-state index contributed by atoms with van der Waals surface area (Å²) in [5.74, 6) is 0.395. The van der Waals surface area contributed by atoms with E-state index in [4.69, 9.17) is 9.97 Å². The highest BCUT2D eigenvalue weighted by atomic mass is 32.1. The third kappa shape index (κ3) is 3.77. The molecule has 6 heteroatoms. The summed E-state index contributed by atoms with van der Waals surface area (Å²) in [5, 5.41) is 10.2. The number of nitrogens with zero attached hydrogens (tertiary/aromatic N) is 4. The molecule has 52 heavy (non-hydrogen) atoms. The lowest BCUT2D eigenvalue weighted by atomic mass is 9.83. The molecule has 1 aliphatic carbocycles. The van der Waals surface area contributed by atoms with Crippen molar-refractivity contribution < 1.29 is 0 Å². The monoisotopic (exact) mass is 685 g/mol. The van der Waals surface area contributed by atoms with E-state index in [0.717, 1.165) is 50.9 Å². The van der Waals surface area contributed by atoms with E-state index in [1.807, 2.05) is 35.9 Å². The van der Waals surface area contributed by atoms with Crippen molar-refractivity contribution in [1.29, 1.82) is 0 Å². The van der Waals surface area contributed by atoms with Gasteiger partial charge < -0.3 is 5.32 Å². The predicted molar refractivity (Wildman–Crippen MR) is 214 cm³/mol. The minimum absolute atomic E-state index is 0.0326. The molecular formula is C46H31N5S. The average Bonchev–Trinajstić information content (AvgIpc) is 3.55. The number of aromatic nitrogens is 4. The zero-order valence-corrected chi connectivity index (χ0v) is 28.9. The molecule has 0 saturated heterocycles. The molecule has 5 nitrogen and oxygen atoms in total. The number of para-hydroxylation sites is 2. The minimum atomic E-state index is -0.0326. The first-order valence-electron chi connectivity index (χ1n) is 18.0. The minimum Gasteiger partial charge on any atom is -0.376 e. The Hall–Kier alpha value is -6.24. The lowest BCUT2D eigenvalue weighted by Crippen LogP contribution is -2.26. The summed E-state index contributed by atoms with van der Waals surface area (Å²) in [6.45, 7) is 0. The van der Waals surface area contributed by atoms with Crippen LogP contribution >= 0.6 is 11.3 Å². The van der Waals surface area contributed by atoms with Crippen LogP contribution in [0, 0.1) is 5.92 Å². The highest BCUT2D eigenvalue weighted by Gasteiger charge is 2.64. The summed E-state index contributed by atoms with van der Waals surface area (Å²) in [7, 11) is 0. The van der Waals surface area contributed by atoms with Crippen LogP contribution in [0.5, 0.6) is 0 Å². The molecular weight excluding hydrogens is 655 g/mol. The van der Waals surface area contributed by atoms with E-state index in [1.165, 1.54) is 42.6 Å². The van der Waals surface area contributed by atoms with Gasteiger partial charge in [-0.15, -0.1) is 11.3 Å². The van der Waals surface area contributed by atoms with Crippen molar-refractivity contribution in [2.45, 2.75) is 17.9 Å². The Balaban J connectivity index is 1.16. The number of thiophene rings is 1. The van der Waals surface area contributed by atoms with Gasteiger partial charge in [0.15, 0.2) is 0 Å². The first-order valence-corrected chi connectivity index (χ1v) is 18.8. The van der Waals surface area contributed by atoms with Gasteiger partial charge in [0.05, 0.1) is 34.1 Å². The molecule has 5 aromatic carbocycles. The van der Waals surface area contributed by atoms with Crippen molar-refractivity contribution in [3.63, 3.8) is 0 Å². The number of nitrogens with one attached hydrogen (secondary N) is 1. The molecule has 0 radical (unpaired) electrons. The van der Waals surface area contributed by atoms with Crippen molar-refractivity contribution >= 4 is 71.0 Å². The van der Waals surface area contributed by atoms with Crippen LogP contribution in [0.1, 0.15) is 28.5 Å². The third-order valence-electron chi connectivity index (χ3n) is 11.7. The summed E-state index contributed by atoms with van der Waals surface area (Å²) in [6.07, 6.45) is 4.91. The molecule has 0 amide bonds. The van der Waals surface area contributed by atoms with Crippen LogP contribution in [0.25, 0.3) is 65.3 Å². The molecule has 1 N–H and O–H groups in total. The van der Waals surface area contributed by atoms with Gasteiger partial charge in [0.2, 0.25) is 0 Å². The zero-order chi connectivity index (χ0) is 34.0. The van der Waals surface area contributed by atoms with Crippen LogP contribution in [0.15, 0.2) is 158 Å². The van der Waals surface area contributed by atoms with Crippen LogP contribution in [0.2, 0.25) is 0 Å². The van der Waals surface area contributed by atoms with E-state index in [1.54, 1.807) is 0 Å². The zero-order valence-electron chi connectivity index (χ0n) is 28.1. The maximum atomic E-state index is 4.99. The van der Waals surface area contributed by atoms with Crippen molar-refractivity contribution in [3.8, 4) is 11.4 Å². The van der Waals surface area contributed by atoms with Crippen LogP contribution in [-0.4, -0.2) is 19.1 Å². The summed E-state index contributed by atoms with van der Waals surface area (Å²) >= 11 is 1.96. The fourth-order valence-corrected chi connectivity index (χ4v) is 10.8. The molecule has 2 unspecified atom stereocenters. The van der Waals surface area contributed by atoms with Crippen molar-refractivity contribution in [1.82, 2.24) is 19.1 Å². The number of benzene rings is 5. The quantitative estimate of drug-likeness (QED) is 0.201. The highest BCUT2D eigenvalue weighted by molar-refractivity contribution is 7.20. The lowest BCUT2D eigenvalue weighted by Gasteiger charge is -2.32. The predicted octanol–water partition coefficient (Wildman–Crippen LogP) is 11.4. The Morgan fingerprint density at radius 3 is 1.79 bits per heavy atom. The van der Waals surface area contributed by atoms with Gasteiger partial charge in [-0.05, 0) is 84.1 Å². The number of anilines is 1. The van der Waals surface area contributed by atoms with Crippen LogP contribution in [0.4, 0.5) is 5.69 Å². The highest BCUT2D eigenvalue weighted by Crippen LogP contribution is 2.70. The van der Waals surface area contributed by atoms with Gasteiger partial charge in [-0.25, -0.2) is 9.97 Å². The normalized spacial score (nSPS) is 19.3. The second-order valence-electron chi connectivity index (χ2n) is 14.3. The molecule has 1 saturated carbocycles. The van der Waals surface area contributed by atoms with E-state index < -0.39 is 0 Å². The second-order valence-corrected chi connectivity index (χ2v) is 15.4. The smallest absolute Gasteiger partial charge is 0.145 e. The van der Waals surface area contributed by atoms with E-state index in [2.05, 4.69) is 148 Å². The Labute approximate surface area is 303 Å². The van der Waals surface area contributed by atoms with Crippen molar-refractivity contribution in [3.05, 3.63) is 174 Å². The number of rotatable bonds is 4. The summed E-state index contributed by atoms with van der Waals surface area (Å²) in [4.78, 5) is 11.4. The lowest BCUT2D eigenvalue weighted by molar-refractivity contribution is 0.588. The van der Waals surface area contributed by atoms with Crippen molar-refractivity contribution in [2.75, 3.05) is 5.32 Å². The maximum Gasteiger partial charge on any atom is 0.145 e. The topological polar surface area (TPSA) is 47.7 Å². The van der Waals surface area contributed by atoms with Gasteiger partial charge in [0.1, 0.15) is 11.3 Å². The SMILES string of the molecule is c1ccc(C23C[C@@H]2C(c2cc(-n4c5ccccc5c5cccnc54)cc(-n4c5ccccc5c5cccnc54)c2)Nc2c3sc3ccccc23)cc1. The molecule has 5 aromatic heterocycles. The summed E-state index contributed by atoms with van der Waals surface area (Å²) < 4.78 is 6.04. The van der Waals surface area contributed by atoms with Gasteiger partial charge in [-0.2, -0.15) is 0 Å². The molecule has 12 rings (SSSR count). The molecule has 246 valence electrons. The summed E-state index contributed by atoms with van der Waals surface area (Å²) in [5.41, 5.74) is 10.3. The number of hydrogen-bond donors (Lipinski definition) is 1. The number of hydrogen-bond acceptors (Lipinski definition) is 4. The first kappa shape index (κ1) is 28.5. The second kappa shape index (κ2) is 10.4. The Bertz CT molecular complexity index is 2820. The van der Waals surface area contributed by atoms with E-state index in [-0.39, 0.29) is 11.5 Å². The molecule has 2 aliphatic rings. The van der Waals surface area contributed by atoms with Gasteiger partial charge >= 0.3 is 0 Å². The maximum absolute atomic E-state index is 4.99. The fraction of sp³-hybridized carbons (Fsp3) is 0.0870. The summed E-state index contributed by atoms with van der Waals surface area (Å²) in [6, 6.07) is 53.2.